The zero-order valence-electron chi connectivity index (χ0n) is 8.16. The van der Waals surface area contributed by atoms with Gasteiger partial charge in [0.1, 0.15) is 0 Å². The van der Waals surface area contributed by atoms with Crippen LogP contribution in [-0.4, -0.2) is 11.2 Å². The van der Waals surface area contributed by atoms with E-state index in [0.717, 1.165) is 5.56 Å². The summed E-state index contributed by atoms with van der Waals surface area (Å²) < 4.78 is 5.43. The van der Waals surface area contributed by atoms with Crippen molar-refractivity contribution >= 4 is 5.69 Å². The molecular weight excluding hydrogens is 166 g/mol. The number of benzene rings is 1. The third kappa shape index (κ3) is 2.05. The van der Waals surface area contributed by atoms with Gasteiger partial charge in [0.15, 0.2) is 11.5 Å². The van der Waals surface area contributed by atoms with E-state index in [1.54, 1.807) is 12.1 Å². The summed E-state index contributed by atoms with van der Waals surface area (Å²) in [6, 6.07) is 3.21. The van der Waals surface area contributed by atoms with Crippen LogP contribution in [-0.2, 0) is 0 Å². The molecule has 0 aromatic heterocycles. The standard InChI is InChI=1S/C10H15NO2/c1-6(2)13-10-7(3)8(11)4-5-9(10)12/h4-6,12H,11H2,1-3H3. The van der Waals surface area contributed by atoms with Gasteiger partial charge in [-0.05, 0) is 32.9 Å². The fraction of sp³-hybridized carbons (Fsp3) is 0.400. The van der Waals surface area contributed by atoms with Crippen LogP contribution in [0, 0.1) is 6.92 Å². The number of rotatable bonds is 2. The van der Waals surface area contributed by atoms with Crippen molar-refractivity contribution in [2.45, 2.75) is 26.9 Å². The first-order chi connectivity index (χ1) is 6.02. The maximum Gasteiger partial charge on any atom is 0.166 e. The highest BCUT2D eigenvalue weighted by molar-refractivity contribution is 5.59. The first kappa shape index (κ1) is 9.71. The summed E-state index contributed by atoms with van der Waals surface area (Å²) in [5, 5.41) is 9.48. The molecule has 0 aliphatic rings. The van der Waals surface area contributed by atoms with E-state index in [-0.39, 0.29) is 11.9 Å². The van der Waals surface area contributed by atoms with Crippen LogP contribution in [0.15, 0.2) is 12.1 Å². The Labute approximate surface area is 78.1 Å². The molecule has 0 saturated heterocycles. The van der Waals surface area contributed by atoms with Crippen LogP contribution in [0.5, 0.6) is 11.5 Å². The van der Waals surface area contributed by atoms with Crippen LogP contribution in [0.2, 0.25) is 0 Å². The summed E-state index contributed by atoms with van der Waals surface area (Å²) >= 11 is 0. The fourth-order valence-electron chi connectivity index (χ4n) is 1.08. The summed E-state index contributed by atoms with van der Waals surface area (Å²) in [6.07, 6.45) is 0.0337. The molecule has 0 aliphatic heterocycles. The van der Waals surface area contributed by atoms with Gasteiger partial charge in [-0.1, -0.05) is 0 Å². The lowest BCUT2D eigenvalue weighted by atomic mass is 10.1. The van der Waals surface area contributed by atoms with Gasteiger partial charge in [0.05, 0.1) is 6.10 Å². The number of phenolic OH excluding ortho intramolecular Hbond substituents is 1. The highest BCUT2D eigenvalue weighted by Crippen LogP contribution is 2.33. The molecule has 0 atom stereocenters. The topological polar surface area (TPSA) is 55.5 Å². The Morgan fingerprint density at radius 1 is 1.38 bits per heavy atom. The van der Waals surface area contributed by atoms with E-state index in [4.69, 9.17) is 10.5 Å². The Hall–Kier alpha value is -1.38. The van der Waals surface area contributed by atoms with Gasteiger partial charge in [0.2, 0.25) is 0 Å². The SMILES string of the molecule is Cc1c(N)ccc(O)c1OC(C)C. The van der Waals surface area contributed by atoms with E-state index in [0.29, 0.717) is 11.4 Å². The molecule has 0 fully saturated rings. The highest BCUT2D eigenvalue weighted by atomic mass is 16.5. The number of aromatic hydroxyl groups is 1. The summed E-state index contributed by atoms with van der Waals surface area (Å²) in [5.74, 6) is 0.621. The average Bonchev–Trinajstić information content (AvgIpc) is 2.05. The number of anilines is 1. The molecule has 13 heavy (non-hydrogen) atoms. The van der Waals surface area contributed by atoms with Crippen molar-refractivity contribution in [1.29, 1.82) is 0 Å². The van der Waals surface area contributed by atoms with Gasteiger partial charge in [-0.3, -0.25) is 0 Å². The molecule has 72 valence electrons. The average molecular weight is 181 g/mol. The van der Waals surface area contributed by atoms with Crippen LogP contribution >= 0.6 is 0 Å². The van der Waals surface area contributed by atoms with Crippen molar-refractivity contribution in [3.05, 3.63) is 17.7 Å². The molecule has 0 heterocycles. The minimum Gasteiger partial charge on any atom is -0.504 e. The fourth-order valence-corrected chi connectivity index (χ4v) is 1.08. The van der Waals surface area contributed by atoms with Crippen LogP contribution in [0.3, 0.4) is 0 Å². The molecule has 0 bridgehead atoms. The molecule has 0 aliphatic carbocycles. The van der Waals surface area contributed by atoms with Crippen LogP contribution < -0.4 is 10.5 Å². The van der Waals surface area contributed by atoms with Gasteiger partial charge in [-0.25, -0.2) is 0 Å². The smallest absolute Gasteiger partial charge is 0.166 e. The predicted octanol–water partition coefficient (Wildman–Crippen LogP) is 2.07. The molecule has 3 nitrogen and oxygen atoms in total. The zero-order chi connectivity index (χ0) is 10.0. The van der Waals surface area contributed by atoms with Gasteiger partial charge >= 0.3 is 0 Å². The molecule has 3 N–H and O–H groups in total. The minimum atomic E-state index is 0.0337. The van der Waals surface area contributed by atoms with Gasteiger partial charge in [0.25, 0.3) is 0 Å². The monoisotopic (exact) mass is 181 g/mol. The van der Waals surface area contributed by atoms with Crippen molar-refractivity contribution in [3.63, 3.8) is 0 Å². The molecule has 0 unspecified atom stereocenters. The minimum absolute atomic E-state index is 0.0337. The normalized spacial score (nSPS) is 10.5. The van der Waals surface area contributed by atoms with Crippen molar-refractivity contribution in [2.75, 3.05) is 5.73 Å². The van der Waals surface area contributed by atoms with Crippen molar-refractivity contribution < 1.29 is 9.84 Å². The van der Waals surface area contributed by atoms with Gasteiger partial charge in [-0.15, -0.1) is 0 Å². The van der Waals surface area contributed by atoms with Crippen LogP contribution in [0.1, 0.15) is 19.4 Å². The first-order valence-corrected chi connectivity index (χ1v) is 4.27. The number of phenols is 1. The Morgan fingerprint density at radius 3 is 2.54 bits per heavy atom. The third-order valence-corrected chi connectivity index (χ3v) is 1.78. The Morgan fingerprint density at radius 2 is 2.00 bits per heavy atom. The Kier molecular flexibility index (Phi) is 2.66. The van der Waals surface area contributed by atoms with Gasteiger partial charge in [0, 0.05) is 11.3 Å². The molecule has 1 aromatic carbocycles. The number of hydrogen-bond acceptors (Lipinski definition) is 3. The Balaban J connectivity index is 3.10. The molecule has 0 amide bonds. The lowest BCUT2D eigenvalue weighted by Crippen LogP contribution is -2.07. The zero-order valence-corrected chi connectivity index (χ0v) is 8.16. The lowest BCUT2D eigenvalue weighted by Gasteiger charge is -2.14. The summed E-state index contributed by atoms with van der Waals surface area (Å²) in [6.45, 7) is 5.64. The largest absolute Gasteiger partial charge is 0.504 e. The molecule has 1 rings (SSSR count). The van der Waals surface area contributed by atoms with E-state index >= 15 is 0 Å². The van der Waals surface area contributed by atoms with Gasteiger partial charge < -0.3 is 15.6 Å². The van der Waals surface area contributed by atoms with E-state index in [1.807, 2.05) is 20.8 Å². The van der Waals surface area contributed by atoms with E-state index < -0.39 is 0 Å². The van der Waals surface area contributed by atoms with E-state index in [1.165, 1.54) is 0 Å². The van der Waals surface area contributed by atoms with Crippen LogP contribution in [0.25, 0.3) is 0 Å². The van der Waals surface area contributed by atoms with Crippen molar-refractivity contribution in [1.82, 2.24) is 0 Å². The number of nitrogens with two attached hydrogens (primary N) is 1. The summed E-state index contributed by atoms with van der Waals surface area (Å²) in [4.78, 5) is 0. The highest BCUT2D eigenvalue weighted by Gasteiger charge is 2.09. The summed E-state index contributed by atoms with van der Waals surface area (Å²) in [5.41, 5.74) is 7.09. The molecule has 1 aromatic rings. The molecule has 0 spiro atoms. The maximum atomic E-state index is 9.48. The number of ether oxygens (including phenoxy) is 1. The Bertz CT molecular complexity index is 308. The lowest BCUT2D eigenvalue weighted by molar-refractivity contribution is 0.230. The third-order valence-electron chi connectivity index (χ3n) is 1.78. The number of hydrogen-bond donors (Lipinski definition) is 2. The molecule has 0 saturated carbocycles. The van der Waals surface area contributed by atoms with Crippen molar-refractivity contribution in [2.24, 2.45) is 0 Å². The van der Waals surface area contributed by atoms with Crippen LogP contribution in [0.4, 0.5) is 5.69 Å². The summed E-state index contributed by atoms with van der Waals surface area (Å²) in [7, 11) is 0. The molecular formula is C10H15NO2. The quantitative estimate of drug-likeness (QED) is 0.542. The van der Waals surface area contributed by atoms with Gasteiger partial charge in [-0.2, -0.15) is 0 Å². The predicted molar refractivity (Wildman–Crippen MR) is 53.0 cm³/mol. The second-order valence-electron chi connectivity index (χ2n) is 3.29. The number of nitrogen functional groups attached to an aromatic ring is 1. The van der Waals surface area contributed by atoms with E-state index in [2.05, 4.69) is 0 Å². The van der Waals surface area contributed by atoms with Crippen molar-refractivity contribution in [3.8, 4) is 11.5 Å². The second kappa shape index (κ2) is 3.56. The second-order valence-corrected chi connectivity index (χ2v) is 3.29. The molecule has 0 radical (unpaired) electrons. The first-order valence-electron chi connectivity index (χ1n) is 4.27. The maximum absolute atomic E-state index is 9.48. The molecule has 3 heteroatoms. The van der Waals surface area contributed by atoms with E-state index in [9.17, 15) is 5.11 Å².